The van der Waals surface area contributed by atoms with Gasteiger partial charge in [0.1, 0.15) is 0 Å². The number of alkyl halides is 3. The van der Waals surface area contributed by atoms with Crippen molar-refractivity contribution >= 4 is 11.9 Å². The average Bonchev–Trinajstić information content (AvgIpc) is 3.02. The fourth-order valence-electron chi connectivity index (χ4n) is 4.30. The van der Waals surface area contributed by atoms with E-state index < -0.39 is 12.0 Å². The number of rotatable bonds is 2. The van der Waals surface area contributed by atoms with Crippen LogP contribution in [-0.2, 0) is 17.4 Å². The van der Waals surface area contributed by atoms with Gasteiger partial charge in [-0.3, -0.25) is 4.79 Å². The summed E-state index contributed by atoms with van der Waals surface area (Å²) in [6.45, 7) is 2.39. The Hall–Kier alpha value is -2.39. The van der Waals surface area contributed by atoms with Crippen molar-refractivity contribution in [3.05, 3.63) is 23.8 Å². The molecule has 1 N–H and O–H groups in total. The van der Waals surface area contributed by atoms with Crippen LogP contribution in [0, 0.1) is 5.92 Å². The Bertz CT molecular complexity index is 753. The molecule has 4 rings (SSSR count). The SMILES string of the molecule is O=C1CCC2(CN(C(=O)N3CCC(Cc4cnc(C(F)(F)F)nc4)CC3)C2)N1. The molecule has 0 bridgehead atoms. The van der Waals surface area contributed by atoms with Crippen LogP contribution in [0.3, 0.4) is 0 Å². The van der Waals surface area contributed by atoms with E-state index in [1.807, 2.05) is 4.90 Å². The van der Waals surface area contributed by atoms with Crippen LogP contribution in [0.2, 0.25) is 0 Å². The van der Waals surface area contributed by atoms with E-state index in [1.54, 1.807) is 4.90 Å². The average molecular weight is 397 g/mol. The van der Waals surface area contributed by atoms with Gasteiger partial charge in [0.15, 0.2) is 0 Å². The van der Waals surface area contributed by atoms with Gasteiger partial charge in [-0.2, -0.15) is 13.2 Å². The molecular formula is C18H22F3N5O2. The topological polar surface area (TPSA) is 78.4 Å². The normalized spacial score (nSPS) is 22.3. The second-order valence-electron chi connectivity index (χ2n) is 8.01. The van der Waals surface area contributed by atoms with E-state index in [9.17, 15) is 22.8 Å². The van der Waals surface area contributed by atoms with Crippen LogP contribution in [0.1, 0.15) is 37.1 Å². The summed E-state index contributed by atoms with van der Waals surface area (Å²) in [6.07, 6.45) is 1.46. The van der Waals surface area contributed by atoms with Gasteiger partial charge in [0.2, 0.25) is 11.7 Å². The second-order valence-corrected chi connectivity index (χ2v) is 8.01. The predicted molar refractivity (Wildman–Crippen MR) is 92.1 cm³/mol. The molecule has 0 saturated carbocycles. The van der Waals surface area contributed by atoms with Crippen molar-refractivity contribution in [2.45, 2.75) is 43.8 Å². The highest BCUT2D eigenvalue weighted by molar-refractivity contribution is 5.82. The molecule has 1 spiro atoms. The summed E-state index contributed by atoms with van der Waals surface area (Å²) in [5, 5.41) is 2.97. The van der Waals surface area contributed by atoms with Crippen LogP contribution < -0.4 is 5.32 Å². The molecule has 3 amide bonds. The van der Waals surface area contributed by atoms with Crippen molar-refractivity contribution in [3.8, 4) is 0 Å². The third kappa shape index (κ3) is 3.77. The van der Waals surface area contributed by atoms with Crippen LogP contribution in [-0.4, -0.2) is 63.4 Å². The number of halogens is 3. The number of piperidine rings is 1. The molecule has 3 fully saturated rings. The standard InChI is InChI=1S/C18H22F3N5O2/c19-18(20,21)15-22-8-13(9-23-15)7-12-2-5-25(6-3-12)16(28)26-10-17(11-26)4-1-14(27)24-17/h8-9,12H,1-7,10-11H2,(H,24,27). The molecule has 28 heavy (non-hydrogen) atoms. The molecule has 1 aromatic heterocycles. The van der Waals surface area contributed by atoms with Crippen molar-refractivity contribution in [2.24, 2.45) is 5.92 Å². The van der Waals surface area contributed by atoms with Gasteiger partial charge in [0.05, 0.1) is 5.54 Å². The molecule has 3 aliphatic heterocycles. The first-order valence-electron chi connectivity index (χ1n) is 9.47. The quantitative estimate of drug-likeness (QED) is 0.826. The zero-order chi connectivity index (χ0) is 19.9. The van der Waals surface area contributed by atoms with E-state index in [0.29, 0.717) is 50.5 Å². The van der Waals surface area contributed by atoms with Gasteiger partial charge in [0.25, 0.3) is 0 Å². The molecule has 0 unspecified atom stereocenters. The summed E-state index contributed by atoms with van der Waals surface area (Å²) in [6, 6.07) is 0.00286. The lowest BCUT2D eigenvalue weighted by atomic mass is 9.88. The fraction of sp³-hybridized carbons (Fsp3) is 0.667. The van der Waals surface area contributed by atoms with Crippen LogP contribution in [0.15, 0.2) is 12.4 Å². The monoisotopic (exact) mass is 397 g/mol. The minimum Gasteiger partial charge on any atom is -0.347 e. The number of likely N-dealkylation sites (tertiary alicyclic amines) is 2. The minimum absolute atomic E-state index is 0.00286. The fourth-order valence-corrected chi connectivity index (χ4v) is 4.30. The number of urea groups is 1. The van der Waals surface area contributed by atoms with Gasteiger partial charge in [-0.25, -0.2) is 14.8 Å². The lowest BCUT2D eigenvalue weighted by Crippen LogP contribution is -2.70. The smallest absolute Gasteiger partial charge is 0.347 e. The maximum absolute atomic E-state index is 12.6. The molecule has 0 atom stereocenters. The molecule has 7 nitrogen and oxygen atoms in total. The first-order chi connectivity index (χ1) is 13.2. The number of hydrogen-bond donors (Lipinski definition) is 1. The maximum atomic E-state index is 12.6. The Morgan fingerprint density at radius 1 is 1.18 bits per heavy atom. The highest BCUT2D eigenvalue weighted by atomic mass is 19.4. The lowest BCUT2D eigenvalue weighted by molar-refractivity contribution is -0.145. The van der Waals surface area contributed by atoms with Gasteiger partial charge >= 0.3 is 12.2 Å². The summed E-state index contributed by atoms with van der Waals surface area (Å²) < 4.78 is 37.6. The second kappa shape index (κ2) is 6.89. The van der Waals surface area contributed by atoms with Gasteiger partial charge in [-0.15, -0.1) is 0 Å². The van der Waals surface area contributed by atoms with E-state index in [2.05, 4.69) is 15.3 Å². The molecule has 3 saturated heterocycles. The largest absolute Gasteiger partial charge is 0.451 e. The van der Waals surface area contributed by atoms with Crippen LogP contribution in [0.25, 0.3) is 0 Å². The molecule has 3 aliphatic rings. The van der Waals surface area contributed by atoms with Gasteiger partial charge < -0.3 is 15.1 Å². The van der Waals surface area contributed by atoms with Crippen LogP contribution in [0.5, 0.6) is 0 Å². The van der Waals surface area contributed by atoms with E-state index >= 15 is 0 Å². The third-order valence-electron chi connectivity index (χ3n) is 5.86. The first-order valence-corrected chi connectivity index (χ1v) is 9.47. The highest BCUT2D eigenvalue weighted by Gasteiger charge is 2.50. The molecule has 152 valence electrons. The molecule has 1 aromatic rings. The molecule has 0 aliphatic carbocycles. The summed E-state index contributed by atoms with van der Waals surface area (Å²) in [5.41, 5.74) is 0.465. The number of nitrogens with zero attached hydrogens (tertiary/aromatic N) is 4. The molecule has 0 aromatic carbocycles. The first kappa shape index (κ1) is 18.9. The van der Waals surface area contributed by atoms with Crippen LogP contribution >= 0.6 is 0 Å². The maximum Gasteiger partial charge on any atom is 0.451 e. The van der Waals surface area contributed by atoms with Crippen molar-refractivity contribution in [2.75, 3.05) is 26.2 Å². The van der Waals surface area contributed by atoms with Crippen molar-refractivity contribution in [1.82, 2.24) is 25.1 Å². The number of hydrogen-bond acceptors (Lipinski definition) is 4. The Kier molecular flexibility index (Phi) is 4.67. The summed E-state index contributed by atoms with van der Waals surface area (Å²) in [5.74, 6) is -0.774. The number of amides is 3. The van der Waals surface area contributed by atoms with E-state index in [0.717, 1.165) is 19.3 Å². The van der Waals surface area contributed by atoms with E-state index in [-0.39, 0.29) is 17.5 Å². The number of carbonyl (C=O) groups excluding carboxylic acids is 2. The van der Waals surface area contributed by atoms with Gasteiger partial charge in [0, 0.05) is 45.0 Å². The van der Waals surface area contributed by atoms with Crippen molar-refractivity contribution in [3.63, 3.8) is 0 Å². The van der Waals surface area contributed by atoms with Crippen molar-refractivity contribution in [1.29, 1.82) is 0 Å². The Morgan fingerprint density at radius 3 is 2.36 bits per heavy atom. The van der Waals surface area contributed by atoms with E-state index in [1.165, 1.54) is 12.4 Å². The zero-order valence-corrected chi connectivity index (χ0v) is 15.3. The summed E-state index contributed by atoms with van der Waals surface area (Å²) in [4.78, 5) is 34.4. The van der Waals surface area contributed by atoms with E-state index in [4.69, 9.17) is 0 Å². The third-order valence-corrected chi connectivity index (χ3v) is 5.86. The highest BCUT2D eigenvalue weighted by Crippen LogP contribution is 2.32. The molecule has 4 heterocycles. The number of nitrogens with one attached hydrogen (secondary N) is 1. The Labute approximate surface area is 160 Å². The number of aromatic nitrogens is 2. The van der Waals surface area contributed by atoms with Crippen molar-refractivity contribution < 1.29 is 22.8 Å². The molecule has 0 radical (unpaired) electrons. The number of carbonyl (C=O) groups is 2. The van der Waals surface area contributed by atoms with Crippen LogP contribution in [0.4, 0.5) is 18.0 Å². The molecular weight excluding hydrogens is 375 g/mol. The lowest BCUT2D eigenvalue weighted by Gasteiger charge is -2.49. The van der Waals surface area contributed by atoms with Gasteiger partial charge in [-0.1, -0.05) is 0 Å². The summed E-state index contributed by atoms with van der Waals surface area (Å²) in [7, 11) is 0. The Morgan fingerprint density at radius 2 is 1.82 bits per heavy atom. The molecule has 10 heteroatoms. The minimum atomic E-state index is -4.53. The van der Waals surface area contributed by atoms with Gasteiger partial charge in [-0.05, 0) is 37.2 Å². The predicted octanol–water partition coefficient (Wildman–Crippen LogP) is 1.83. The Balaban J connectivity index is 1.24. The summed E-state index contributed by atoms with van der Waals surface area (Å²) >= 11 is 0. The zero-order valence-electron chi connectivity index (χ0n) is 15.3.